The minimum Gasteiger partial charge on any atom is -0.316 e. The van der Waals surface area contributed by atoms with Gasteiger partial charge in [0, 0.05) is 10.8 Å². The fraction of sp³-hybridized carbons (Fsp3) is 0.692. The molecule has 1 aliphatic heterocycles. The first-order chi connectivity index (χ1) is 8.74. The number of aryl methyl sites for hydroxylation is 2. The molecule has 0 saturated carbocycles. The van der Waals surface area contributed by atoms with E-state index in [1.807, 2.05) is 6.92 Å². The van der Waals surface area contributed by atoms with Gasteiger partial charge in [-0.25, -0.2) is 4.98 Å². The molecule has 0 radical (unpaired) electrons. The molecule has 0 bridgehead atoms. The molecule has 1 unspecified atom stereocenters. The molecule has 1 aromatic rings. The Balaban J connectivity index is 1.64. The van der Waals surface area contributed by atoms with Crippen molar-refractivity contribution in [3.8, 4) is 0 Å². The zero-order chi connectivity index (χ0) is 12.5. The first-order valence-electron chi connectivity index (χ1n) is 6.74. The Morgan fingerprint density at radius 1 is 1.44 bits per heavy atom. The number of hydrogen-bond acceptors (Lipinski definition) is 4. The van der Waals surface area contributed by atoms with E-state index < -0.39 is 0 Å². The number of anilines is 1. The molecule has 5 heteroatoms. The third-order valence-corrected chi connectivity index (χ3v) is 5.08. The molecule has 1 fully saturated rings. The maximum Gasteiger partial charge on any atom is 0.229 e. The number of nitrogens with one attached hydrogen (secondary N) is 2. The zero-order valence-electron chi connectivity index (χ0n) is 10.7. The van der Waals surface area contributed by atoms with Crippen LogP contribution in [0.5, 0.6) is 0 Å². The highest BCUT2D eigenvalue weighted by atomic mass is 32.1. The van der Waals surface area contributed by atoms with Gasteiger partial charge in [-0.2, -0.15) is 0 Å². The highest BCUT2D eigenvalue weighted by Crippen LogP contribution is 2.30. The van der Waals surface area contributed by atoms with Crippen molar-refractivity contribution in [2.24, 2.45) is 11.8 Å². The van der Waals surface area contributed by atoms with E-state index in [1.54, 1.807) is 11.3 Å². The molecule has 0 spiro atoms. The number of hydrogen-bond donors (Lipinski definition) is 2. The van der Waals surface area contributed by atoms with Gasteiger partial charge >= 0.3 is 0 Å². The molecule has 98 valence electrons. The molecular formula is C13H19N3OS. The van der Waals surface area contributed by atoms with Crippen molar-refractivity contribution in [1.29, 1.82) is 0 Å². The van der Waals surface area contributed by atoms with Crippen LogP contribution in [-0.4, -0.2) is 24.0 Å². The smallest absolute Gasteiger partial charge is 0.229 e. The summed E-state index contributed by atoms with van der Waals surface area (Å²) in [6.07, 6.45) is 4.69. The van der Waals surface area contributed by atoms with E-state index in [-0.39, 0.29) is 11.8 Å². The number of aromatic nitrogens is 1. The third-order valence-electron chi connectivity index (χ3n) is 4.01. The molecule has 3 rings (SSSR count). The molecule has 1 amide bonds. The van der Waals surface area contributed by atoms with E-state index in [1.165, 1.54) is 23.4 Å². The minimum absolute atomic E-state index is 0.0761. The van der Waals surface area contributed by atoms with Crippen LogP contribution in [0.4, 0.5) is 5.13 Å². The Kier molecular flexibility index (Phi) is 3.35. The van der Waals surface area contributed by atoms with Crippen molar-refractivity contribution in [2.75, 3.05) is 18.4 Å². The van der Waals surface area contributed by atoms with Crippen LogP contribution in [0.25, 0.3) is 0 Å². The first kappa shape index (κ1) is 12.1. The van der Waals surface area contributed by atoms with Gasteiger partial charge in [0.1, 0.15) is 0 Å². The van der Waals surface area contributed by atoms with Gasteiger partial charge in [0.15, 0.2) is 5.13 Å². The summed E-state index contributed by atoms with van der Waals surface area (Å²) >= 11 is 1.66. The molecule has 2 N–H and O–H groups in total. The minimum atomic E-state index is 0.0761. The molecule has 18 heavy (non-hydrogen) atoms. The van der Waals surface area contributed by atoms with Crippen molar-refractivity contribution in [3.05, 3.63) is 10.6 Å². The maximum absolute atomic E-state index is 12.1. The molecule has 1 atom stereocenters. The van der Waals surface area contributed by atoms with E-state index in [0.29, 0.717) is 5.92 Å². The summed E-state index contributed by atoms with van der Waals surface area (Å²) in [7, 11) is 0. The molecular weight excluding hydrogens is 246 g/mol. The van der Waals surface area contributed by atoms with Gasteiger partial charge in [-0.1, -0.05) is 6.92 Å². The molecule has 1 saturated heterocycles. The van der Waals surface area contributed by atoms with Crippen LogP contribution in [0.15, 0.2) is 0 Å². The number of fused-ring (bicyclic) bond motifs is 1. The molecule has 2 heterocycles. The number of carbonyl (C=O) groups is 1. The number of amides is 1. The summed E-state index contributed by atoms with van der Waals surface area (Å²) in [6, 6.07) is 0. The first-order valence-corrected chi connectivity index (χ1v) is 7.56. The van der Waals surface area contributed by atoms with Crippen LogP contribution in [-0.2, 0) is 17.6 Å². The van der Waals surface area contributed by atoms with E-state index in [4.69, 9.17) is 0 Å². The van der Waals surface area contributed by atoms with Crippen LogP contribution in [0.3, 0.4) is 0 Å². The summed E-state index contributed by atoms with van der Waals surface area (Å²) in [5.41, 5.74) is 1.21. The highest BCUT2D eigenvalue weighted by molar-refractivity contribution is 7.15. The third kappa shape index (κ3) is 2.29. The fourth-order valence-electron chi connectivity index (χ4n) is 2.50. The Bertz CT molecular complexity index is 430. The lowest BCUT2D eigenvalue weighted by atomic mass is 9.88. The van der Waals surface area contributed by atoms with Gasteiger partial charge in [-0.3, -0.25) is 4.79 Å². The van der Waals surface area contributed by atoms with Crippen LogP contribution in [0.1, 0.15) is 30.3 Å². The number of rotatable bonds is 3. The predicted octanol–water partition coefficient (Wildman–Crippen LogP) is 1.82. The Hall–Kier alpha value is -0.940. The second-order valence-electron chi connectivity index (χ2n) is 5.29. The average molecular weight is 265 g/mol. The van der Waals surface area contributed by atoms with Crippen molar-refractivity contribution in [2.45, 2.75) is 32.6 Å². The molecule has 2 aliphatic rings. The van der Waals surface area contributed by atoms with Crippen molar-refractivity contribution >= 4 is 22.4 Å². The van der Waals surface area contributed by atoms with Gasteiger partial charge < -0.3 is 10.6 Å². The lowest BCUT2D eigenvalue weighted by Gasteiger charge is -2.31. The lowest BCUT2D eigenvalue weighted by molar-refractivity contribution is -0.121. The summed E-state index contributed by atoms with van der Waals surface area (Å²) in [5, 5.41) is 6.99. The SMILES string of the molecule is CC(C(=O)Nc1nc2c(s1)CCCC2)C1CNC1. The van der Waals surface area contributed by atoms with Gasteiger partial charge in [0.05, 0.1) is 5.69 Å². The van der Waals surface area contributed by atoms with Crippen LogP contribution < -0.4 is 10.6 Å². The van der Waals surface area contributed by atoms with E-state index in [9.17, 15) is 4.79 Å². The van der Waals surface area contributed by atoms with Crippen LogP contribution in [0, 0.1) is 11.8 Å². The summed E-state index contributed by atoms with van der Waals surface area (Å²) < 4.78 is 0. The zero-order valence-corrected chi connectivity index (χ0v) is 11.5. The average Bonchev–Trinajstić information content (AvgIpc) is 2.68. The van der Waals surface area contributed by atoms with Crippen molar-refractivity contribution < 1.29 is 4.79 Å². The monoisotopic (exact) mass is 265 g/mol. The second kappa shape index (κ2) is 4.97. The van der Waals surface area contributed by atoms with E-state index in [2.05, 4.69) is 15.6 Å². The summed E-state index contributed by atoms with van der Waals surface area (Å²) in [5.74, 6) is 0.680. The number of nitrogens with zero attached hydrogens (tertiary/aromatic N) is 1. The van der Waals surface area contributed by atoms with Crippen molar-refractivity contribution in [3.63, 3.8) is 0 Å². The Labute approximate surface area is 111 Å². The normalized spacial score (nSPS) is 20.9. The van der Waals surface area contributed by atoms with E-state index >= 15 is 0 Å². The lowest BCUT2D eigenvalue weighted by Crippen LogP contribution is -2.48. The topological polar surface area (TPSA) is 54.0 Å². The van der Waals surface area contributed by atoms with Gasteiger partial charge in [0.2, 0.25) is 5.91 Å². The van der Waals surface area contributed by atoms with Crippen LogP contribution in [0.2, 0.25) is 0 Å². The quantitative estimate of drug-likeness (QED) is 0.876. The summed E-state index contributed by atoms with van der Waals surface area (Å²) in [4.78, 5) is 18.0. The molecule has 1 aliphatic carbocycles. The van der Waals surface area contributed by atoms with Gasteiger partial charge in [0.25, 0.3) is 0 Å². The Morgan fingerprint density at radius 3 is 2.89 bits per heavy atom. The molecule has 1 aromatic heterocycles. The number of thiazole rings is 1. The largest absolute Gasteiger partial charge is 0.316 e. The summed E-state index contributed by atoms with van der Waals surface area (Å²) in [6.45, 7) is 3.93. The molecule has 4 nitrogen and oxygen atoms in total. The predicted molar refractivity (Wildman–Crippen MR) is 72.9 cm³/mol. The van der Waals surface area contributed by atoms with Gasteiger partial charge in [-0.05, 0) is 44.7 Å². The Morgan fingerprint density at radius 2 is 2.22 bits per heavy atom. The number of carbonyl (C=O) groups excluding carboxylic acids is 1. The van der Waals surface area contributed by atoms with Crippen molar-refractivity contribution in [1.82, 2.24) is 10.3 Å². The fourth-order valence-corrected chi connectivity index (χ4v) is 3.56. The maximum atomic E-state index is 12.1. The standard InChI is InChI=1S/C13H19N3OS/c1-8(9-6-14-7-9)12(17)16-13-15-10-4-2-3-5-11(10)18-13/h8-9,14H,2-7H2,1H3,(H,15,16,17). The van der Waals surface area contributed by atoms with Crippen LogP contribution >= 0.6 is 11.3 Å². The molecule has 0 aromatic carbocycles. The van der Waals surface area contributed by atoms with E-state index in [0.717, 1.165) is 31.1 Å². The second-order valence-corrected chi connectivity index (χ2v) is 6.38. The highest BCUT2D eigenvalue weighted by Gasteiger charge is 2.29. The van der Waals surface area contributed by atoms with Gasteiger partial charge in [-0.15, -0.1) is 11.3 Å².